The Hall–Kier alpha value is -4.22. The minimum absolute atomic E-state index is 0.247. The lowest BCUT2D eigenvalue weighted by molar-refractivity contribution is -0.122. The topological polar surface area (TPSA) is 97.7 Å². The van der Waals surface area contributed by atoms with Crippen molar-refractivity contribution in [1.82, 2.24) is 4.57 Å². The summed E-state index contributed by atoms with van der Waals surface area (Å²) in [5.41, 5.74) is 2.55. The van der Waals surface area contributed by atoms with Gasteiger partial charge in [0.25, 0.3) is 0 Å². The predicted octanol–water partition coefficient (Wildman–Crippen LogP) is 4.80. The first-order chi connectivity index (χ1) is 19.8. The molecule has 1 aromatic heterocycles. The molecule has 0 aliphatic carbocycles. The van der Waals surface area contributed by atoms with Gasteiger partial charge < -0.3 is 10.1 Å². The number of carbonyl (C=O) groups is 3. The number of benzene rings is 3. The number of para-hydroxylation sites is 1. The number of hydrogen-bond donors (Lipinski definition) is 1. The molecule has 2 aliphatic rings. The molecule has 1 fully saturated rings. The highest BCUT2D eigenvalue weighted by molar-refractivity contribution is 8.00. The minimum Gasteiger partial charge on any atom is -0.497 e. The molecule has 3 unspecified atom stereocenters. The number of hydrogen-bond acceptors (Lipinski definition) is 7. The highest BCUT2D eigenvalue weighted by atomic mass is 32.2. The van der Waals surface area contributed by atoms with E-state index in [-0.39, 0.29) is 23.0 Å². The van der Waals surface area contributed by atoms with Crippen LogP contribution in [0.1, 0.15) is 21.9 Å². The van der Waals surface area contributed by atoms with Crippen molar-refractivity contribution in [2.75, 3.05) is 17.3 Å². The van der Waals surface area contributed by atoms with Crippen LogP contribution in [0, 0.1) is 18.7 Å². The van der Waals surface area contributed by atoms with Gasteiger partial charge in [-0.15, -0.1) is 0 Å². The van der Waals surface area contributed by atoms with E-state index < -0.39 is 34.7 Å². The molecule has 3 amide bonds. The summed E-state index contributed by atoms with van der Waals surface area (Å²) in [6.45, 7) is 1.63. The Balaban J connectivity index is 1.41. The number of carbonyl (C=O) groups excluding carboxylic acids is 3. The van der Waals surface area contributed by atoms with E-state index in [9.17, 15) is 23.6 Å². The Morgan fingerprint density at radius 1 is 0.976 bits per heavy atom. The lowest BCUT2D eigenvalue weighted by atomic mass is 9.83. The maximum absolute atomic E-state index is 13.9. The number of nitrogens with one attached hydrogen (secondary N) is 1. The fraction of sp³-hybridized carbons (Fsp3) is 0.200. The Morgan fingerprint density at radius 2 is 1.68 bits per heavy atom. The summed E-state index contributed by atoms with van der Waals surface area (Å²) in [6.07, 6.45) is 0. The lowest BCUT2D eigenvalue weighted by Gasteiger charge is -2.30. The van der Waals surface area contributed by atoms with Crippen molar-refractivity contribution in [3.8, 4) is 5.75 Å². The second-order valence-corrected chi connectivity index (χ2v) is 11.9. The molecule has 3 atom stereocenters. The van der Waals surface area contributed by atoms with E-state index in [1.807, 2.05) is 37.3 Å². The molecule has 6 rings (SSSR count). The number of imide groups is 1. The Labute approximate surface area is 242 Å². The van der Waals surface area contributed by atoms with Crippen LogP contribution < -0.4 is 19.8 Å². The van der Waals surface area contributed by atoms with Crippen LogP contribution in [0.3, 0.4) is 0 Å². The molecule has 3 heterocycles. The van der Waals surface area contributed by atoms with Crippen LogP contribution in [0.25, 0.3) is 0 Å². The fourth-order valence-electron chi connectivity index (χ4n) is 5.32. The Bertz CT molecular complexity index is 1730. The number of thioether (sulfide) groups is 1. The van der Waals surface area contributed by atoms with E-state index in [4.69, 9.17) is 4.74 Å². The highest BCUT2D eigenvalue weighted by Crippen LogP contribution is 2.54. The van der Waals surface area contributed by atoms with Gasteiger partial charge in [-0.2, -0.15) is 0 Å². The molecule has 0 radical (unpaired) electrons. The van der Waals surface area contributed by atoms with Crippen molar-refractivity contribution in [3.05, 3.63) is 104 Å². The van der Waals surface area contributed by atoms with E-state index >= 15 is 0 Å². The molecule has 0 spiro atoms. The van der Waals surface area contributed by atoms with Crippen LogP contribution >= 0.6 is 23.1 Å². The second kappa shape index (κ2) is 10.6. The van der Waals surface area contributed by atoms with Gasteiger partial charge in [-0.1, -0.05) is 53.4 Å². The van der Waals surface area contributed by atoms with E-state index in [0.29, 0.717) is 21.3 Å². The van der Waals surface area contributed by atoms with Crippen LogP contribution in [0.2, 0.25) is 0 Å². The third-order valence-electron chi connectivity index (χ3n) is 7.33. The Kier molecular flexibility index (Phi) is 7.00. The first kappa shape index (κ1) is 27.0. The highest BCUT2D eigenvalue weighted by Gasteiger charge is 2.56. The smallest absolute Gasteiger partial charge is 0.308 e. The number of aryl methyl sites for hydroxylation is 1. The average molecular weight is 590 g/mol. The van der Waals surface area contributed by atoms with Crippen LogP contribution in [-0.2, 0) is 20.9 Å². The van der Waals surface area contributed by atoms with E-state index in [1.54, 1.807) is 25.3 Å². The number of nitrogens with zero attached hydrogens (tertiary/aromatic N) is 2. The summed E-state index contributed by atoms with van der Waals surface area (Å²) in [5, 5.41) is 2.51. The second-order valence-electron chi connectivity index (χ2n) is 9.79. The molecule has 4 aromatic rings. The summed E-state index contributed by atoms with van der Waals surface area (Å²) >= 11 is 2.10. The molecular formula is C30H24FN3O5S2. The van der Waals surface area contributed by atoms with Crippen molar-refractivity contribution >= 4 is 52.2 Å². The number of amides is 3. The van der Waals surface area contributed by atoms with Gasteiger partial charge in [0.15, 0.2) is 0 Å². The monoisotopic (exact) mass is 589 g/mol. The Morgan fingerprint density at radius 3 is 2.37 bits per heavy atom. The molecule has 11 heteroatoms. The van der Waals surface area contributed by atoms with Gasteiger partial charge in [-0.05, 0) is 60.5 Å². The molecule has 0 bridgehead atoms. The van der Waals surface area contributed by atoms with Gasteiger partial charge in [0.2, 0.25) is 17.7 Å². The van der Waals surface area contributed by atoms with E-state index in [2.05, 4.69) is 5.32 Å². The molecule has 8 nitrogen and oxygen atoms in total. The van der Waals surface area contributed by atoms with Crippen molar-refractivity contribution in [3.63, 3.8) is 0 Å². The van der Waals surface area contributed by atoms with Crippen LogP contribution in [0.5, 0.6) is 5.75 Å². The summed E-state index contributed by atoms with van der Waals surface area (Å²) < 4.78 is 20.3. The zero-order valence-electron chi connectivity index (χ0n) is 22.0. The summed E-state index contributed by atoms with van der Waals surface area (Å²) in [4.78, 5) is 55.3. The third-order valence-corrected chi connectivity index (χ3v) is 9.93. The first-order valence-electron chi connectivity index (χ1n) is 12.8. The summed E-state index contributed by atoms with van der Waals surface area (Å²) in [6, 6.07) is 19.7. The van der Waals surface area contributed by atoms with Crippen molar-refractivity contribution in [2.24, 2.45) is 5.92 Å². The van der Waals surface area contributed by atoms with Crippen molar-refractivity contribution < 1.29 is 23.5 Å². The first-order valence-corrected chi connectivity index (χ1v) is 14.5. The van der Waals surface area contributed by atoms with E-state index in [0.717, 1.165) is 39.1 Å². The molecule has 0 saturated carbocycles. The molecule has 2 aliphatic heterocycles. The molecule has 3 aromatic carbocycles. The van der Waals surface area contributed by atoms with Gasteiger partial charge in [-0.25, -0.2) is 9.29 Å². The number of rotatable bonds is 6. The van der Waals surface area contributed by atoms with Crippen LogP contribution in [0.15, 0.2) is 82.6 Å². The van der Waals surface area contributed by atoms with Crippen LogP contribution in [-0.4, -0.2) is 34.6 Å². The summed E-state index contributed by atoms with van der Waals surface area (Å²) in [5.74, 6) is -2.52. The van der Waals surface area contributed by atoms with Gasteiger partial charge in [0.1, 0.15) is 23.4 Å². The standard InChI is InChI=1S/C30H24FN3O5S2/c1-16-5-3-4-6-21(16)32-22(35)15-33-29-26(41-30(33)38)23(17-7-13-20(39-2)14-8-17)24-25(40-29)28(37)34(27(24)36)19-11-9-18(31)10-12-19/h3-14,23-25H,15H2,1-2H3,(H,32,35). The predicted molar refractivity (Wildman–Crippen MR) is 155 cm³/mol. The number of methoxy groups -OCH3 is 1. The zero-order valence-corrected chi connectivity index (χ0v) is 23.6. The number of thiazole rings is 1. The fourth-order valence-corrected chi connectivity index (χ4v) is 8.09. The van der Waals surface area contributed by atoms with Gasteiger partial charge in [0.05, 0.1) is 23.7 Å². The molecule has 1 saturated heterocycles. The number of fused-ring (bicyclic) bond motifs is 2. The van der Waals surface area contributed by atoms with E-state index in [1.165, 1.54) is 28.8 Å². The quantitative estimate of drug-likeness (QED) is 0.325. The largest absolute Gasteiger partial charge is 0.497 e. The van der Waals surface area contributed by atoms with Crippen molar-refractivity contribution in [2.45, 2.75) is 29.7 Å². The lowest BCUT2D eigenvalue weighted by Crippen LogP contribution is -2.33. The molecular weight excluding hydrogens is 565 g/mol. The van der Waals surface area contributed by atoms with Gasteiger partial charge in [0, 0.05) is 16.5 Å². The maximum Gasteiger partial charge on any atom is 0.308 e. The minimum atomic E-state index is -0.841. The average Bonchev–Trinajstić information content (AvgIpc) is 3.41. The van der Waals surface area contributed by atoms with Gasteiger partial charge in [-0.3, -0.25) is 23.7 Å². The van der Waals surface area contributed by atoms with Gasteiger partial charge >= 0.3 is 4.87 Å². The maximum atomic E-state index is 13.9. The molecule has 41 heavy (non-hydrogen) atoms. The number of halogens is 1. The summed E-state index contributed by atoms with van der Waals surface area (Å²) in [7, 11) is 1.55. The number of ether oxygens (including phenoxy) is 1. The van der Waals surface area contributed by atoms with Crippen LogP contribution in [0.4, 0.5) is 15.8 Å². The molecule has 1 N–H and O–H groups in total. The third kappa shape index (κ3) is 4.74. The normalized spacial score (nSPS) is 19.6. The molecule has 208 valence electrons. The number of anilines is 2. The van der Waals surface area contributed by atoms with Crippen molar-refractivity contribution in [1.29, 1.82) is 0 Å². The number of aromatic nitrogens is 1. The SMILES string of the molecule is COc1ccc(C2c3sc(=O)n(CC(=O)Nc4ccccc4C)c3SC3C(=O)N(c4ccc(F)cc4)C(=O)C32)cc1. The zero-order chi connectivity index (χ0) is 28.8.